The highest BCUT2D eigenvalue weighted by Crippen LogP contribution is 2.06. The average molecular weight is 265 g/mol. The van der Waals surface area contributed by atoms with E-state index in [1.807, 2.05) is 6.92 Å². The lowest BCUT2D eigenvalue weighted by Crippen LogP contribution is -2.42. The Balaban J connectivity index is 2.58. The van der Waals surface area contributed by atoms with Crippen molar-refractivity contribution in [3.8, 4) is 0 Å². The number of nitrogen functional groups attached to an aromatic ring is 1. The second-order valence-corrected chi connectivity index (χ2v) is 4.43. The van der Waals surface area contributed by atoms with Crippen LogP contribution in [0.1, 0.15) is 31.3 Å². The van der Waals surface area contributed by atoms with Crippen LogP contribution in [0.25, 0.3) is 0 Å². The molecule has 106 valence electrons. The minimum atomic E-state index is -0.184. The molecule has 1 aromatic heterocycles. The van der Waals surface area contributed by atoms with Gasteiger partial charge in [-0.2, -0.15) is 0 Å². The standard InChI is InChI=1S/C13H23N5O/c1-4-18(5-2)9-10(3)16-13(19)12-8-11(17-14)6-7-15-12/h6-8,10H,4-5,9,14H2,1-3H3,(H,15,17)(H,16,19). The van der Waals surface area contributed by atoms with Crippen LogP contribution in [-0.4, -0.2) is 41.5 Å². The van der Waals surface area contributed by atoms with Gasteiger partial charge >= 0.3 is 0 Å². The molecule has 0 saturated heterocycles. The Morgan fingerprint density at radius 2 is 2.16 bits per heavy atom. The summed E-state index contributed by atoms with van der Waals surface area (Å²) in [5.74, 6) is 5.12. The van der Waals surface area contributed by atoms with Crippen LogP contribution in [0.4, 0.5) is 5.69 Å². The molecule has 0 aliphatic rings. The van der Waals surface area contributed by atoms with E-state index in [2.05, 4.69) is 34.5 Å². The van der Waals surface area contributed by atoms with Crippen molar-refractivity contribution >= 4 is 11.6 Å². The predicted molar refractivity (Wildman–Crippen MR) is 76.8 cm³/mol. The van der Waals surface area contributed by atoms with Crippen molar-refractivity contribution in [2.45, 2.75) is 26.8 Å². The molecule has 0 aromatic carbocycles. The fourth-order valence-electron chi connectivity index (χ4n) is 1.86. The quantitative estimate of drug-likeness (QED) is 0.502. The molecule has 1 rings (SSSR count). The number of likely N-dealkylation sites (N-methyl/N-ethyl adjacent to an activating group) is 1. The van der Waals surface area contributed by atoms with Crippen LogP contribution in [0.5, 0.6) is 0 Å². The van der Waals surface area contributed by atoms with Gasteiger partial charge in [0.05, 0.1) is 5.69 Å². The molecule has 1 heterocycles. The monoisotopic (exact) mass is 265 g/mol. The summed E-state index contributed by atoms with van der Waals surface area (Å²) in [4.78, 5) is 18.3. The van der Waals surface area contributed by atoms with E-state index in [9.17, 15) is 4.79 Å². The number of anilines is 1. The van der Waals surface area contributed by atoms with E-state index in [0.29, 0.717) is 11.4 Å². The number of hydrogen-bond donors (Lipinski definition) is 3. The van der Waals surface area contributed by atoms with Crippen LogP contribution in [0.2, 0.25) is 0 Å². The minimum Gasteiger partial charge on any atom is -0.347 e. The molecular weight excluding hydrogens is 242 g/mol. The number of amides is 1. The lowest BCUT2D eigenvalue weighted by molar-refractivity contribution is 0.0925. The number of hydrogen-bond acceptors (Lipinski definition) is 5. The molecule has 0 saturated carbocycles. The third-order valence-electron chi connectivity index (χ3n) is 2.96. The maximum Gasteiger partial charge on any atom is 0.270 e. The summed E-state index contributed by atoms with van der Waals surface area (Å²) < 4.78 is 0. The number of nitrogens with two attached hydrogens (primary N) is 1. The Labute approximate surface area is 114 Å². The van der Waals surface area contributed by atoms with Crippen LogP contribution in [0.15, 0.2) is 18.3 Å². The van der Waals surface area contributed by atoms with Crippen molar-refractivity contribution in [2.24, 2.45) is 5.84 Å². The maximum absolute atomic E-state index is 12.0. The van der Waals surface area contributed by atoms with Gasteiger partial charge in [0.15, 0.2) is 0 Å². The molecule has 0 spiro atoms. The van der Waals surface area contributed by atoms with Crippen molar-refractivity contribution in [3.05, 3.63) is 24.0 Å². The molecule has 1 aromatic rings. The van der Waals surface area contributed by atoms with Crippen molar-refractivity contribution in [1.82, 2.24) is 15.2 Å². The summed E-state index contributed by atoms with van der Waals surface area (Å²) in [6.07, 6.45) is 1.55. The number of rotatable bonds is 7. The lowest BCUT2D eigenvalue weighted by atomic mass is 10.2. The number of carbonyl (C=O) groups is 1. The molecule has 19 heavy (non-hydrogen) atoms. The van der Waals surface area contributed by atoms with Gasteiger partial charge in [-0.05, 0) is 32.1 Å². The van der Waals surface area contributed by atoms with Crippen molar-refractivity contribution < 1.29 is 4.79 Å². The van der Waals surface area contributed by atoms with E-state index < -0.39 is 0 Å². The highest BCUT2D eigenvalue weighted by Gasteiger charge is 2.13. The molecular formula is C13H23N5O. The van der Waals surface area contributed by atoms with Gasteiger partial charge in [-0.1, -0.05) is 13.8 Å². The number of hydrazine groups is 1. The number of nitrogens with zero attached hydrogens (tertiary/aromatic N) is 2. The largest absolute Gasteiger partial charge is 0.347 e. The lowest BCUT2D eigenvalue weighted by Gasteiger charge is -2.23. The fourth-order valence-corrected chi connectivity index (χ4v) is 1.86. The summed E-state index contributed by atoms with van der Waals surface area (Å²) in [6.45, 7) is 8.98. The van der Waals surface area contributed by atoms with Crippen LogP contribution in [0.3, 0.4) is 0 Å². The fraction of sp³-hybridized carbons (Fsp3) is 0.538. The zero-order chi connectivity index (χ0) is 14.3. The van der Waals surface area contributed by atoms with Gasteiger partial charge in [0.2, 0.25) is 0 Å². The van der Waals surface area contributed by atoms with Crippen LogP contribution in [0, 0.1) is 0 Å². The van der Waals surface area contributed by atoms with Gasteiger partial charge in [0, 0.05) is 18.8 Å². The Kier molecular flexibility index (Phi) is 6.24. The highest BCUT2D eigenvalue weighted by molar-refractivity contribution is 5.93. The van der Waals surface area contributed by atoms with Crippen molar-refractivity contribution in [3.63, 3.8) is 0 Å². The van der Waals surface area contributed by atoms with E-state index in [1.165, 1.54) is 0 Å². The van der Waals surface area contributed by atoms with Gasteiger partial charge in [-0.25, -0.2) is 0 Å². The average Bonchev–Trinajstić information content (AvgIpc) is 2.44. The first kappa shape index (κ1) is 15.4. The first-order valence-electron chi connectivity index (χ1n) is 6.56. The zero-order valence-electron chi connectivity index (χ0n) is 11.8. The third-order valence-corrected chi connectivity index (χ3v) is 2.96. The summed E-state index contributed by atoms with van der Waals surface area (Å²) in [6, 6.07) is 3.40. The second-order valence-electron chi connectivity index (χ2n) is 4.43. The first-order chi connectivity index (χ1) is 9.10. The molecule has 1 unspecified atom stereocenters. The topological polar surface area (TPSA) is 83.3 Å². The van der Waals surface area contributed by atoms with E-state index in [1.54, 1.807) is 18.3 Å². The van der Waals surface area contributed by atoms with Gasteiger partial charge in [-0.15, -0.1) is 0 Å². The molecule has 0 bridgehead atoms. The SMILES string of the molecule is CCN(CC)CC(C)NC(=O)c1cc(NN)ccn1. The summed E-state index contributed by atoms with van der Waals surface area (Å²) in [5.41, 5.74) is 3.52. The Bertz CT molecular complexity index is 406. The van der Waals surface area contributed by atoms with Crippen molar-refractivity contribution in [1.29, 1.82) is 0 Å². The smallest absolute Gasteiger partial charge is 0.270 e. The molecule has 0 aliphatic heterocycles. The van der Waals surface area contributed by atoms with Crippen LogP contribution < -0.4 is 16.6 Å². The normalized spacial score (nSPS) is 12.3. The predicted octanol–water partition coefficient (Wildman–Crippen LogP) is 0.827. The molecule has 4 N–H and O–H groups in total. The molecule has 0 fully saturated rings. The van der Waals surface area contributed by atoms with Gasteiger partial charge in [0.1, 0.15) is 5.69 Å². The Morgan fingerprint density at radius 1 is 1.47 bits per heavy atom. The van der Waals surface area contributed by atoms with E-state index >= 15 is 0 Å². The summed E-state index contributed by atoms with van der Waals surface area (Å²) in [5, 5.41) is 2.93. The minimum absolute atomic E-state index is 0.0729. The number of aromatic nitrogens is 1. The summed E-state index contributed by atoms with van der Waals surface area (Å²) >= 11 is 0. The van der Waals surface area contributed by atoms with Crippen LogP contribution >= 0.6 is 0 Å². The summed E-state index contributed by atoms with van der Waals surface area (Å²) in [7, 11) is 0. The van der Waals surface area contributed by atoms with Crippen molar-refractivity contribution in [2.75, 3.05) is 25.1 Å². The van der Waals surface area contributed by atoms with E-state index in [-0.39, 0.29) is 11.9 Å². The highest BCUT2D eigenvalue weighted by atomic mass is 16.1. The second kappa shape index (κ2) is 7.70. The maximum atomic E-state index is 12.0. The third kappa shape index (κ3) is 4.84. The Hall–Kier alpha value is -1.66. The van der Waals surface area contributed by atoms with E-state index in [4.69, 9.17) is 5.84 Å². The number of pyridine rings is 1. The van der Waals surface area contributed by atoms with E-state index in [0.717, 1.165) is 19.6 Å². The first-order valence-corrected chi connectivity index (χ1v) is 6.56. The van der Waals surface area contributed by atoms with Gasteiger partial charge < -0.3 is 15.6 Å². The zero-order valence-corrected chi connectivity index (χ0v) is 11.8. The van der Waals surface area contributed by atoms with Gasteiger partial charge in [0.25, 0.3) is 5.91 Å². The van der Waals surface area contributed by atoms with Crippen LogP contribution in [-0.2, 0) is 0 Å². The molecule has 6 nitrogen and oxygen atoms in total. The molecule has 1 atom stereocenters. The number of carbonyl (C=O) groups excluding carboxylic acids is 1. The number of nitrogens with one attached hydrogen (secondary N) is 2. The molecule has 0 aliphatic carbocycles. The molecule has 6 heteroatoms. The molecule has 0 radical (unpaired) electrons. The van der Waals surface area contributed by atoms with Gasteiger partial charge in [-0.3, -0.25) is 15.6 Å². The molecule has 1 amide bonds. The Morgan fingerprint density at radius 3 is 2.74 bits per heavy atom.